The minimum atomic E-state index is -0.527. The van der Waals surface area contributed by atoms with E-state index in [0.717, 1.165) is 50.0 Å². The van der Waals surface area contributed by atoms with Gasteiger partial charge in [0.25, 0.3) is 5.91 Å². The van der Waals surface area contributed by atoms with Crippen molar-refractivity contribution < 1.29 is 24.2 Å². The summed E-state index contributed by atoms with van der Waals surface area (Å²) in [7, 11) is 3.05. The summed E-state index contributed by atoms with van der Waals surface area (Å²) in [4.78, 5) is 40.8. The molecule has 1 aromatic carbocycles. The molecule has 0 radical (unpaired) electrons. The van der Waals surface area contributed by atoms with Gasteiger partial charge >= 0.3 is 5.97 Å². The zero-order chi connectivity index (χ0) is 30.4. The molecule has 1 aromatic heterocycles. The molecule has 2 saturated heterocycles. The third kappa shape index (κ3) is 6.88. The van der Waals surface area contributed by atoms with E-state index in [9.17, 15) is 9.59 Å². The molecular formula is C29H42ClN7O5. The number of nitrogen functional groups attached to an aromatic ring is 1. The first-order chi connectivity index (χ1) is 20.2. The number of ether oxygens (including phenoxy) is 2. The molecule has 42 heavy (non-hydrogen) atoms. The van der Waals surface area contributed by atoms with Crippen LogP contribution in [0.3, 0.4) is 0 Å². The maximum absolute atomic E-state index is 13.0. The van der Waals surface area contributed by atoms with Crippen LogP contribution in [0.5, 0.6) is 5.75 Å². The fourth-order valence-electron chi connectivity index (χ4n) is 6.05. The summed E-state index contributed by atoms with van der Waals surface area (Å²) < 4.78 is 10.9. The maximum atomic E-state index is 13.0. The molecule has 0 saturated carbocycles. The van der Waals surface area contributed by atoms with Crippen molar-refractivity contribution in [1.82, 2.24) is 25.1 Å². The van der Waals surface area contributed by atoms with Crippen LogP contribution in [-0.2, 0) is 9.53 Å². The van der Waals surface area contributed by atoms with Gasteiger partial charge in [-0.1, -0.05) is 30.7 Å². The Labute approximate surface area is 252 Å². The van der Waals surface area contributed by atoms with Crippen LogP contribution >= 0.6 is 11.6 Å². The third-order valence-electron chi connectivity index (χ3n) is 8.22. The molecule has 0 spiro atoms. The summed E-state index contributed by atoms with van der Waals surface area (Å²) in [6, 6.07) is 6.02. The molecular weight excluding hydrogens is 562 g/mol. The molecule has 0 aliphatic carbocycles. The van der Waals surface area contributed by atoms with Gasteiger partial charge in [-0.15, -0.1) is 0 Å². The van der Waals surface area contributed by atoms with Crippen LogP contribution < -0.4 is 20.7 Å². The average molecular weight is 604 g/mol. The number of aliphatic hydroxyl groups is 1. The van der Waals surface area contributed by atoms with Gasteiger partial charge in [-0.2, -0.15) is 0 Å². The number of hydrogen-bond acceptors (Lipinski definition) is 11. The quantitative estimate of drug-likeness (QED) is 0.343. The van der Waals surface area contributed by atoms with Crippen LogP contribution in [0.4, 0.5) is 11.6 Å². The van der Waals surface area contributed by atoms with Gasteiger partial charge < -0.3 is 30.5 Å². The Balaban J connectivity index is 1.43. The number of halogens is 1. The SMILES string of the molecule is CC[C@H]1CN(c2nc(N)c(C(=O)NCCO)nc2Cl)CCN1C1CCN(C(C(=O)OC)c2ccc(C)cc2OC)CC1. The number of carbonyl (C=O) groups excluding carboxylic acids is 2. The highest BCUT2D eigenvalue weighted by Gasteiger charge is 2.38. The van der Waals surface area contributed by atoms with Gasteiger partial charge in [0, 0.05) is 56.9 Å². The molecule has 2 atom stereocenters. The number of nitrogens with one attached hydrogen (secondary N) is 1. The van der Waals surface area contributed by atoms with Crippen LogP contribution in [0, 0.1) is 6.92 Å². The summed E-state index contributed by atoms with van der Waals surface area (Å²) in [6.45, 7) is 7.77. The molecule has 12 nitrogen and oxygen atoms in total. The third-order valence-corrected chi connectivity index (χ3v) is 8.47. The largest absolute Gasteiger partial charge is 0.496 e. The molecule has 13 heteroatoms. The van der Waals surface area contributed by atoms with Gasteiger partial charge in [0.05, 0.1) is 20.8 Å². The number of esters is 1. The highest BCUT2D eigenvalue weighted by Crippen LogP contribution is 2.35. The van der Waals surface area contributed by atoms with Crippen LogP contribution in [0.15, 0.2) is 18.2 Å². The molecule has 1 amide bonds. The van der Waals surface area contributed by atoms with Gasteiger partial charge in [0.1, 0.15) is 11.8 Å². The normalized spacial score (nSPS) is 19.4. The van der Waals surface area contributed by atoms with Crippen molar-refractivity contribution in [2.45, 2.75) is 51.2 Å². The van der Waals surface area contributed by atoms with Crippen molar-refractivity contribution in [3.63, 3.8) is 0 Å². The zero-order valence-electron chi connectivity index (χ0n) is 24.8. The molecule has 1 unspecified atom stereocenters. The Morgan fingerprint density at radius 1 is 1.19 bits per heavy atom. The van der Waals surface area contributed by atoms with E-state index in [2.05, 4.69) is 36.9 Å². The number of hydrogen-bond donors (Lipinski definition) is 3. The molecule has 0 bridgehead atoms. The minimum absolute atomic E-state index is 0.00180. The van der Waals surface area contributed by atoms with E-state index in [4.69, 9.17) is 31.9 Å². The minimum Gasteiger partial charge on any atom is -0.496 e. The number of aryl methyl sites for hydroxylation is 1. The predicted octanol–water partition coefficient (Wildman–Crippen LogP) is 2.03. The van der Waals surface area contributed by atoms with Crippen LogP contribution in [0.25, 0.3) is 0 Å². The van der Waals surface area contributed by atoms with Gasteiger partial charge in [-0.05, 0) is 37.8 Å². The number of carbonyl (C=O) groups is 2. The van der Waals surface area contributed by atoms with Gasteiger partial charge in [0.15, 0.2) is 22.5 Å². The summed E-state index contributed by atoms with van der Waals surface area (Å²) >= 11 is 6.49. The summed E-state index contributed by atoms with van der Waals surface area (Å²) in [5.74, 6) is 0.341. The number of benzene rings is 1. The van der Waals surface area contributed by atoms with Crippen LogP contribution in [0.2, 0.25) is 5.15 Å². The number of aliphatic hydroxyl groups excluding tert-OH is 1. The topological polar surface area (TPSA) is 146 Å². The van der Waals surface area contributed by atoms with Gasteiger partial charge in [-0.3, -0.25) is 14.6 Å². The first-order valence-electron chi connectivity index (χ1n) is 14.4. The number of piperazine rings is 1. The molecule has 230 valence electrons. The maximum Gasteiger partial charge on any atom is 0.327 e. The molecule has 3 heterocycles. The van der Waals surface area contributed by atoms with E-state index in [1.54, 1.807) is 7.11 Å². The first-order valence-corrected chi connectivity index (χ1v) is 14.8. The molecule has 4 rings (SSSR count). The lowest BCUT2D eigenvalue weighted by Gasteiger charge is -2.48. The molecule has 4 N–H and O–H groups in total. The van der Waals surface area contributed by atoms with E-state index in [-0.39, 0.29) is 41.8 Å². The smallest absolute Gasteiger partial charge is 0.327 e. The number of nitrogens with zero attached hydrogens (tertiary/aromatic N) is 5. The number of nitrogens with two attached hydrogens (primary N) is 1. The van der Waals surface area contributed by atoms with E-state index in [0.29, 0.717) is 30.7 Å². The van der Waals surface area contributed by atoms with Gasteiger partial charge in [0.2, 0.25) is 0 Å². The fourth-order valence-corrected chi connectivity index (χ4v) is 6.30. The molecule has 2 fully saturated rings. The summed E-state index contributed by atoms with van der Waals surface area (Å²) in [6.07, 6.45) is 2.77. The van der Waals surface area contributed by atoms with Crippen molar-refractivity contribution >= 4 is 35.1 Å². The van der Waals surface area contributed by atoms with E-state index in [1.165, 1.54) is 7.11 Å². The lowest BCUT2D eigenvalue weighted by molar-refractivity contribution is -0.148. The highest BCUT2D eigenvalue weighted by molar-refractivity contribution is 6.32. The van der Waals surface area contributed by atoms with E-state index >= 15 is 0 Å². The predicted molar refractivity (Wildman–Crippen MR) is 161 cm³/mol. The number of rotatable bonds is 10. The van der Waals surface area contributed by atoms with Crippen molar-refractivity contribution in [2.24, 2.45) is 0 Å². The second-order valence-corrected chi connectivity index (χ2v) is 11.1. The average Bonchev–Trinajstić information content (AvgIpc) is 3.01. The summed E-state index contributed by atoms with van der Waals surface area (Å²) in [5.41, 5.74) is 7.92. The first kappa shape index (κ1) is 31.7. The van der Waals surface area contributed by atoms with E-state index in [1.807, 2.05) is 25.1 Å². The standard InChI is InChI=1S/C29H42ClN7O5/c1-5-19-17-36(27-25(30)33-23(26(31)34-27)28(39)32-10-15-38)13-14-37(19)20-8-11-35(12-9-20)24(29(40)42-4)21-7-6-18(2)16-22(21)41-3/h6-7,16,19-20,24,38H,5,8-15,17H2,1-4H3,(H2,31,34)(H,32,39)/t19-,24?/m0/s1. The lowest BCUT2D eigenvalue weighted by Crippen LogP contribution is -2.59. The van der Waals surface area contributed by atoms with E-state index < -0.39 is 11.9 Å². The van der Waals surface area contributed by atoms with Crippen molar-refractivity contribution in [3.05, 3.63) is 40.2 Å². The lowest BCUT2D eigenvalue weighted by atomic mass is 9.95. The monoisotopic (exact) mass is 603 g/mol. The Morgan fingerprint density at radius 3 is 2.57 bits per heavy atom. The second-order valence-electron chi connectivity index (χ2n) is 10.7. The highest BCUT2D eigenvalue weighted by atomic mass is 35.5. The Morgan fingerprint density at radius 2 is 1.93 bits per heavy atom. The fraction of sp³-hybridized carbons (Fsp3) is 0.586. The Hall–Kier alpha value is -3.19. The van der Waals surface area contributed by atoms with Crippen molar-refractivity contribution in [2.75, 3.05) is 70.7 Å². The number of anilines is 2. The summed E-state index contributed by atoms with van der Waals surface area (Å²) in [5, 5.41) is 11.6. The molecule has 2 aromatic rings. The molecule has 2 aliphatic heterocycles. The number of aromatic nitrogens is 2. The number of amides is 1. The number of piperidine rings is 1. The Kier molecular flexibility index (Phi) is 10.8. The zero-order valence-corrected chi connectivity index (χ0v) is 25.6. The van der Waals surface area contributed by atoms with Gasteiger partial charge in [-0.25, -0.2) is 14.8 Å². The number of methoxy groups -OCH3 is 2. The second kappa shape index (κ2) is 14.3. The Bertz CT molecular complexity index is 1260. The van der Waals surface area contributed by atoms with Crippen LogP contribution in [-0.4, -0.2) is 109 Å². The molecule has 2 aliphatic rings. The number of likely N-dealkylation sites (tertiary alicyclic amines) is 1. The van der Waals surface area contributed by atoms with Crippen LogP contribution in [0.1, 0.15) is 53.8 Å². The van der Waals surface area contributed by atoms with Crippen molar-refractivity contribution in [1.29, 1.82) is 0 Å². The van der Waals surface area contributed by atoms with Crippen molar-refractivity contribution in [3.8, 4) is 5.75 Å².